The normalized spacial score (nSPS) is 16.5. The molecule has 0 aliphatic carbocycles. The molecule has 0 fully saturated rings. The van der Waals surface area contributed by atoms with E-state index in [1.807, 2.05) is 30.1 Å². The number of benzene rings is 1. The Morgan fingerprint density at radius 2 is 1.96 bits per heavy atom. The Kier molecular flexibility index (Phi) is 4.83. The molecule has 0 N–H and O–H groups in total. The largest absolute Gasteiger partial charge is 0.454 e. The molecule has 0 saturated carbocycles. The molecule has 6 heteroatoms. The number of hydrogen-bond donors (Lipinski definition) is 0. The van der Waals surface area contributed by atoms with Crippen molar-refractivity contribution in [3.63, 3.8) is 0 Å². The summed E-state index contributed by atoms with van der Waals surface area (Å²) in [5.41, 5.74) is 2.91. The molecule has 134 valence electrons. The number of halogens is 1. The molecule has 1 aromatic carbocycles. The minimum Gasteiger partial charge on any atom is -0.454 e. The number of fused-ring (bicyclic) bond motifs is 1. The third kappa shape index (κ3) is 3.22. The van der Waals surface area contributed by atoms with Crippen molar-refractivity contribution in [1.82, 2.24) is 4.98 Å². The summed E-state index contributed by atoms with van der Waals surface area (Å²) in [7, 11) is 1.92. The highest BCUT2D eigenvalue weighted by Gasteiger charge is 2.38. The van der Waals surface area contributed by atoms with Crippen molar-refractivity contribution < 1.29 is 14.3 Å². The lowest BCUT2D eigenvalue weighted by atomic mass is 9.83. The summed E-state index contributed by atoms with van der Waals surface area (Å²) in [6.45, 7) is 3.78. The zero-order chi connectivity index (χ0) is 18.9. The highest BCUT2D eigenvalue weighted by atomic mass is 35.5. The van der Waals surface area contributed by atoms with E-state index in [1.54, 1.807) is 6.07 Å². The first kappa shape index (κ1) is 18.1. The molecule has 0 atom stereocenters. The monoisotopic (exact) mass is 370 g/mol. The summed E-state index contributed by atoms with van der Waals surface area (Å²) in [5, 5.41) is 0.0513. The van der Waals surface area contributed by atoms with Crippen LogP contribution in [0.15, 0.2) is 54.4 Å². The fraction of sp³-hybridized carbons (Fsp3) is 0.250. The van der Waals surface area contributed by atoms with Crippen molar-refractivity contribution in [3.05, 3.63) is 70.6 Å². The average Bonchev–Trinajstić information content (AvgIpc) is 2.81. The number of rotatable bonds is 4. The quantitative estimate of drug-likeness (QED) is 0.465. The topological polar surface area (TPSA) is 59.5 Å². The highest BCUT2D eigenvalue weighted by molar-refractivity contribution is 6.32. The lowest BCUT2D eigenvalue weighted by Gasteiger charge is -2.23. The maximum atomic E-state index is 12.4. The standard InChI is InChI=1S/C20H19ClN2O3/c1-20(2)15-8-4-5-9-16(15)23(3)17(20)11-13(24)12-26-19(25)14-7-6-10-22-18(14)21/h4-11H,12H2,1-3H3/b17-11+. The third-order valence-corrected chi connectivity index (χ3v) is 4.86. The first-order chi connectivity index (χ1) is 12.3. The predicted molar refractivity (Wildman–Crippen MR) is 100 cm³/mol. The molecule has 1 aliphatic heterocycles. The summed E-state index contributed by atoms with van der Waals surface area (Å²) in [6, 6.07) is 11.1. The van der Waals surface area contributed by atoms with Gasteiger partial charge in [-0.1, -0.05) is 43.6 Å². The van der Waals surface area contributed by atoms with Gasteiger partial charge in [0.25, 0.3) is 0 Å². The molecule has 1 aromatic heterocycles. The number of nitrogens with zero attached hydrogens (tertiary/aromatic N) is 2. The van der Waals surface area contributed by atoms with Gasteiger partial charge in [-0.2, -0.15) is 0 Å². The van der Waals surface area contributed by atoms with Gasteiger partial charge in [0.2, 0.25) is 0 Å². The van der Waals surface area contributed by atoms with Crippen molar-refractivity contribution in [3.8, 4) is 0 Å². The average molecular weight is 371 g/mol. The van der Waals surface area contributed by atoms with E-state index in [2.05, 4.69) is 24.9 Å². The number of hydrogen-bond acceptors (Lipinski definition) is 5. The van der Waals surface area contributed by atoms with Gasteiger partial charge in [-0.25, -0.2) is 9.78 Å². The number of anilines is 1. The van der Waals surface area contributed by atoms with Crippen LogP contribution in [-0.2, 0) is 14.9 Å². The summed E-state index contributed by atoms with van der Waals surface area (Å²) in [4.78, 5) is 30.2. The van der Waals surface area contributed by atoms with Crippen molar-refractivity contribution in [1.29, 1.82) is 0 Å². The van der Waals surface area contributed by atoms with E-state index in [4.69, 9.17) is 16.3 Å². The molecule has 5 nitrogen and oxygen atoms in total. The fourth-order valence-electron chi connectivity index (χ4n) is 3.21. The molecular weight excluding hydrogens is 352 g/mol. The maximum Gasteiger partial charge on any atom is 0.341 e. The van der Waals surface area contributed by atoms with Gasteiger partial charge in [0.05, 0.1) is 5.56 Å². The number of likely N-dealkylation sites (N-methyl/N-ethyl adjacent to an activating group) is 1. The third-order valence-electron chi connectivity index (χ3n) is 4.56. The number of esters is 1. The molecule has 2 heterocycles. The highest BCUT2D eigenvalue weighted by Crippen LogP contribution is 2.46. The SMILES string of the molecule is CN1/C(=C/C(=O)COC(=O)c2cccnc2Cl)C(C)(C)c2ccccc21. The van der Waals surface area contributed by atoms with Gasteiger partial charge in [-0.05, 0) is 23.8 Å². The molecule has 0 saturated heterocycles. The van der Waals surface area contributed by atoms with E-state index in [9.17, 15) is 9.59 Å². The Morgan fingerprint density at radius 3 is 2.65 bits per heavy atom. The van der Waals surface area contributed by atoms with Gasteiger partial charge in [0.1, 0.15) is 5.15 Å². The fourth-order valence-corrected chi connectivity index (χ4v) is 3.40. The Balaban J connectivity index is 1.74. The lowest BCUT2D eigenvalue weighted by molar-refractivity contribution is -0.117. The number of carbonyl (C=O) groups is 2. The summed E-state index contributed by atoms with van der Waals surface area (Å²) in [5.74, 6) is -0.960. The molecular formula is C20H19ClN2O3. The van der Waals surface area contributed by atoms with Crippen molar-refractivity contribution >= 4 is 29.0 Å². The van der Waals surface area contributed by atoms with Crippen LogP contribution < -0.4 is 4.90 Å². The van der Waals surface area contributed by atoms with Crippen LogP contribution in [0.3, 0.4) is 0 Å². The van der Waals surface area contributed by atoms with Crippen LogP contribution in [0, 0.1) is 0 Å². The summed E-state index contributed by atoms with van der Waals surface area (Å²) >= 11 is 5.86. The predicted octanol–water partition coefficient (Wildman–Crippen LogP) is 3.77. The van der Waals surface area contributed by atoms with Crippen LogP contribution >= 0.6 is 11.6 Å². The second kappa shape index (κ2) is 6.92. The first-order valence-electron chi connectivity index (χ1n) is 8.18. The van der Waals surface area contributed by atoms with Crippen molar-refractivity contribution in [2.24, 2.45) is 0 Å². The molecule has 3 rings (SSSR count). The molecule has 0 bridgehead atoms. The minimum absolute atomic E-state index is 0.0513. The van der Waals surface area contributed by atoms with E-state index >= 15 is 0 Å². The minimum atomic E-state index is -0.669. The van der Waals surface area contributed by atoms with E-state index in [0.717, 1.165) is 16.9 Å². The first-order valence-corrected chi connectivity index (χ1v) is 8.56. The molecule has 0 amide bonds. The summed E-state index contributed by atoms with van der Waals surface area (Å²) < 4.78 is 5.09. The molecule has 2 aromatic rings. The second-order valence-corrected chi connectivity index (χ2v) is 6.97. The Bertz CT molecular complexity index is 905. The Morgan fingerprint density at radius 1 is 1.23 bits per heavy atom. The van der Waals surface area contributed by atoms with Crippen molar-refractivity contribution in [2.75, 3.05) is 18.6 Å². The van der Waals surface area contributed by atoms with Crippen LogP contribution in [0.2, 0.25) is 5.15 Å². The van der Waals surface area contributed by atoms with Gasteiger partial charge in [0, 0.05) is 36.1 Å². The van der Waals surface area contributed by atoms with Crippen LogP contribution in [0.25, 0.3) is 0 Å². The Hall–Kier alpha value is -2.66. The smallest absolute Gasteiger partial charge is 0.341 e. The number of pyridine rings is 1. The maximum absolute atomic E-state index is 12.4. The number of allylic oxidation sites excluding steroid dienone is 1. The number of aromatic nitrogens is 1. The number of carbonyl (C=O) groups excluding carboxylic acids is 2. The van der Waals surface area contributed by atoms with E-state index in [1.165, 1.54) is 18.3 Å². The second-order valence-electron chi connectivity index (χ2n) is 6.61. The van der Waals surface area contributed by atoms with E-state index in [-0.39, 0.29) is 28.5 Å². The molecule has 0 spiro atoms. The number of ketones is 1. The lowest BCUT2D eigenvalue weighted by Crippen LogP contribution is -2.25. The zero-order valence-electron chi connectivity index (χ0n) is 14.8. The van der Waals surface area contributed by atoms with Gasteiger partial charge < -0.3 is 9.64 Å². The number of para-hydroxylation sites is 1. The van der Waals surface area contributed by atoms with E-state index < -0.39 is 5.97 Å². The molecule has 26 heavy (non-hydrogen) atoms. The van der Waals surface area contributed by atoms with E-state index in [0.29, 0.717) is 0 Å². The molecule has 1 aliphatic rings. The van der Waals surface area contributed by atoms with Crippen molar-refractivity contribution in [2.45, 2.75) is 19.3 Å². The van der Waals surface area contributed by atoms with Gasteiger partial charge in [-0.3, -0.25) is 4.79 Å². The number of ether oxygens (including phenoxy) is 1. The van der Waals surface area contributed by atoms with Gasteiger partial charge >= 0.3 is 5.97 Å². The Labute approximate surface area is 157 Å². The van der Waals surface area contributed by atoms with Crippen LogP contribution in [0.5, 0.6) is 0 Å². The van der Waals surface area contributed by atoms with Crippen LogP contribution in [0.1, 0.15) is 29.8 Å². The molecule has 0 unspecified atom stereocenters. The van der Waals surface area contributed by atoms with Crippen LogP contribution in [0.4, 0.5) is 5.69 Å². The summed E-state index contributed by atoms with van der Waals surface area (Å²) in [6.07, 6.45) is 3.02. The molecule has 0 radical (unpaired) electrons. The van der Waals surface area contributed by atoms with Gasteiger partial charge in [0.15, 0.2) is 12.4 Å². The van der Waals surface area contributed by atoms with Gasteiger partial charge in [-0.15, -0.1) is 0 Å². The zero-order valence-corrected chi connectivity index (χ0v) is 15.6. The van der Waals surface area contributed by atoms with Crippen LogP contribution in [-0.4, -0.2) is 30.4 Å².